The van der Waals surface area contributed by atoms with Gasteiger partial charge in [-0.1, -0.05) is 36.2 Å². The average Bonchev–Trinajstić information content (AvgIpc) is 3.33. The molecule has 8 nitrogen and oxygen atoms in total. The zero-order valence-corrected chi connectivity index (χ0v) is 26.5. The molecular formula is C28H34Cl2F3N3O5S. The minimum absolute atomic E-state index is 0.0395. The molecule has 0 saturated carbocycles. The molecular weight excluding hydrogens is 618 g/mol. The molecule has 1 fully saturated rings. The van der Waals surface area contributed by atoms with Crippen molar-refractivity contribution in [3.63, 3.8) is 0 Å². The number of carbonyl (C=O) groups excluding carboxylic acids is 2. The van der Waals surface area contributed by atoms with Crippen molar-refractivity contribution in [1.82, 2.24) is 9.80 Å². The number of halogens is 5. The van der Waals surface area contributed by atoms with Gasteiger partial charge in [-0.25, -0.2) is 13.2 Å². The highest BCUT2D eigenvalue weighted by molar-refractivity contribution is 7.91. The summed E-state index contributed by atoms with van der Waals surface area (Å²) in [6, 6.07) is 5.48. The predicted molar refractivity (Wildman–Crippen MR) is 156 cm³/mol. The van der Waals surface area contributed by atoms with Crippen LogP contribution in [-0.2, 0) is 27.3 Å². The van der Waals surface area contributed by atoms with Crippen molar-refractivity contribution in [2.45, 2.75) is 63.4 Å². The third-order valence-electron chi connectivity index (χ3n) is 6.88. The molecule has 0 radical (unpaired) electrons. The Morgan fingerprint density at radius 2 is 1.74 bits per heavy atom. The van der Waals surface area contributed by atoms with E-state index in [-0.39, 0.29) is 50.1 Å². The Hall–Kier alpha value is -2.54. The molecule has 42 heavy (non-hydrogen) atoms. The molecule has 0 aromatic heterocycles. The van der Waals surface area contributed by atoms with E-state index in [2.05, 4.69) is 0 Å². The molecule has 232 valence electrons. The second-order valence-corrected chi connectivity index (χ2v) is 14.2. The lowest BCUT2D eigenvalue weighted by atomic mass is 10.0. The number of likely N-dealkylation sites (N-methyl/N-ethyl adjacent to an activating group) is 1. The fraction of sp³-hybridized carbons (Fsp3) is 0.500. The number of sulfone groups is 1. The monoisotopic (exact) mass is 651 g/mol. The number of benzene rings is 2. The van der Waals surface area contributed by atoms with Crippen LogP contribution in [0.2, 0.25) is 10.0 Å². The Kier molecular flexibility index (Phi) is 10.2. The van der Waals surface area contributed by atoms with Crippen molar-refractivity contribution in [2.24, 2.45) is 0 Å². The Morgan fingerprint density at radius 1 is 1.10 bits per heavy atom. The molecule has 2 aromatic carbocycles. The minimum Gasteiger partial charge on any atom is -0.444 e. The maximum absolute atomic E-state index is 14.2. The maximum Gasteiger partial charge on any atom is 0.416 e. The molecule has 0 N–H and O–H groups in total. The Morgan fingerprint density at radius 3 is 2.31 bits per heavy atom. The molecule has 14 heteroatoms. The van der Waals surface area contributed by atoms with Gasteiger partial charge in [-0.05, 0) is 57.0 Å². The van der Waals surface area contributed by atoms with E-state index in [1.807, 2.05) is 0 Å². The molecule has 0 spiro atoms. The quantitative estimate of drug-likeness (QED) is 0.339. The molecule has 0 bridgehead atoms. The van der Waals surface area contributed by atoms with Gasteiger partial charge >= 0.3 is 12.3 Å². The largest absolute Gasteiger partial charge is 0.444 e. The Bertz CT molecular complexity index is 1460. The number of ether oxygens (including phenoxy) is 1. The number of hydrogen-bond donors (Lipinski definition) is 0. The van der Waals surface area contributed by atoms with E-state index in [0.29, 0.717) is 19.5 Å². The molecule has 1 heterocycles. The summed E-state index contributed by atoms with van der Waals surface area (Å²) >= 11 is 12.2. The minimum atomic E-state index is -4.77. The molecule has 1 atom stereocenters. The maximum atomic E-state index is 14.2. The summed E-state index contributed by atoms with van der Waals surface area (Å²) in [5.41, 5.74) is -2.15. The third-order valence-corrected chi connectivity index (χ3v) is 9.32. The van der Waals surface area contributed by atoms with Crippen LogP contribution >= 0.6 is 23.2 Å². The fourth-order valence-corrected chi connectivity index (χ4v) is 6.65. The number of carbonyl (C=O) groups is 2. The smallest absolute Gasteiger partial charge is 0.416 e. The van der Waals surface area contributed by atoms with Gasteiger partial charge in [0.15, 0.2) is 9.84 Å². The Balaban J connectivity index is 1.88. The SMILES string of the molecule is CCS(=O)(=O)c1c(Cl)cc(Cl)cc1N(C)C(=O)c1ccc(CN2CC[C@@H](N(C)C(=O)OC(C)(C)C)C2)c(C(F)(F)F)c1. The van der Waals surface area contributed by atoms with Crippen LogP contribution in [0.1, 0.15) is 55.6 Å². The highest BCUT2D eigenvalue weighted by Crippen LogP contribution is 2.38. The van der Waals surface area contributed by atoms with Crippen molar-refractivity contribution in [3.8, 4) is 0 Å². The summed E-state index contributed by atoms with van der Waals surface area (Å²) in [4.78, 5) is 29.7. The molecule has 0 unspecified atom stereocenters. The van der Waals surface area contributed by atoms with E-state index in [4.69, 9.17) is 27.9 Å². The van der Waals surface area contributed by atoms with Crippen LogP contribution in [0, 0.1) is 0 Å². The van der Waals surface area contributed by atoms with E-state index in [1.165, 1.54) is 43.1 Å². The van der Waals surface area contributed by atoms with Crippen molar-refractivity contribution in [2.75, 3.05) is 37.8 Å². The number of hydrogen-bond acceptors (Lipinski definition) is 6. The molecule has 1 aliphatic heterocycles. The number of likely N-dealkylation sites (tertiary alicyclic amines) is 1. The highest BCUT2D eigenvalue weighted by Gasteiger charge is 2.37. The van der Waals surface area contributed by atoms with Crippen molar-refractivity contribution in [1.29, 1.82) is 0 Å². The first kappa shape index (κ1) is 34.0. The lowest BCUT2D eigenvalue weighted by Crippen LogP contribution is -2.42. The summed E-state index contributed by atoms with van der Waals surface area (Å²) in [7, 11) is -1.07. The van der Waals surface area contributed by atoms with Gasteiger partial charge < -0.3 is 14.5 Å². The van der Waals surface area contributed by atoms with Gasteiger partial charge in [0.1, 0.15) is 10.5 Å². The molecule has 2 aromatic rings. The highest BCUT2D eigenvalue weighted by atomic mass is 35.5. The first-order chi connectivity index (χ1) is 19.2. The Labute approximate surface area is 254 Å². The summed E-state index contributed by atoms with van der Waals surface area (Å²) in [5, 5.41) is -0.149. The number of alkyl halides is 3. The average molecular weight is 653 g/mol. The second-order valence-electron chi connectivity index (χ2n) is 11.1. The van der Waals surface area contributed by atoms with Crippen molar-refractivity contribution >= 4 is 50.7 Å². The van der Waals surface area contributed by atoms with Crippen LogP contribution in [-0.4, -0.2) is 74.8 Å². The number of rotatable bonds is 7. The van der Waals surface area contributed by atoms with E-state index in [1.54, 1.807) is 32.7 Å². The topological polar surface area (TPSA) is 87.2 Å². The predicted octanol–water partition coefficient (Wildman–Crippen LogP) is 6.52. The zero-order chi connectivity index (χ0) is 31.8. The fourth-order valence-electron chi connectivity index (χ4n) is 4.66. The van der Waals surface area contributed by atoms with Gasteiger partial charge in [0, 0.05) is 50.4 Å². The van der Waals surface area contributed by atoms with Crippen molar-refractivity contribution < 1.29 is 35.9 Å². The van der Waals surface area contributed by atoms with Crippen LogP contribution in [0.4, 0.5) is 23.7 Å². The number of nitrogens with zero attached hydrogens (tertiary/aromatic N) is 3. The van der Waals surface area contributed by atoms with Gasteiger partial charge in [0.25, 0.3) is 5.91 Å². The standard InChI is InChI=1S/C28H34Cl2F3N3O5S/c1-7-42(39,40)24-22(30)13-19(29)14-23(24)35(6)25(37)17-8-9-18(21(12-17)28(31,32)33)15-36-11-10-20(16-36)34(5)26(38)41-27(2,3)4/h8-9,12-14,20H,7,10-11,15-16H2,1-6H3/t20-/m1/s1. The van der Waals surface area contributed by atoms with Gasteiger partial charge in [0.2, 0.25) is 0 Å². The van der Waals surface area contributed by atoms with Crippen molar-refractivity contribution in [3.05, 3.63) is 57.1 Å². The lowest BCUT2D eigenvalue weighted by molar-refractivity contribution is -0.138. The molecule has 1 saturated heterocycles. The molecule has 2 amide bonds. The molecule has 3 rings (SSSR count). The zero-order valence-electron chi connectivity index (χ0n) is 24.2. The third kappa shape index (κ3) is 7.89. The van der Waals surface area contributed by atoms with Crippen LogP contribution in [0.5, 0.6) is 0 Å². The van der Waals surface area contributed by atoms with Crippen LogP contribution < -0.4 is 4.90 Å². The summed E-state index contributed by atoms with van der Waals surface area (Å²) in [5.74, 6) is -1.19. The van der Waals surface area contributed by atoms with Gasteiger partial charge in [-0.3, -0.25) is 9.69 Å². The van der Waals surface area contributed by atoms with Crippen LogP contribution in [0.3, 0.4) is 0 Å². The van der Waals surface area contributed by atoms with Crippen LogP contribution in [0.15, 0.2) is 35.2 Å². The summed E-state index contributed by atoms with van der Waals surface area (Å²) < 4.78 is 73.5. The van der Waals surface area contributed by atoms with E-state index in [0.717, 1.165) is 11.0 Å². The van der Waals surface area contributed by atoms with Gasteiger partial charge in [0.05, 0.1) is 22.0 Å². The summed E-state index contributed by atoms with van der Waals surface area (Å²) in [6.45, 7) is 7.41. The van der Waals surface area contributed by atoms with E-state index >= 15 is 0 Å². The summed E-state index contributed by atoms with van der Waals surface area (Å²) in [6.07, 6.45) is -4.72. The number of anilines is 1. The lowest BCUT2D eigenvalue weighted by Gasteiger charge is -2.28. The number of amides is 2. The molecule has 0 aliphatic carbocycles. The van der Waals surface area contributed by atoms with E-state index in [9.17, 15) is 31.2 Å². The first-order valence-corrected chi connectivity index (χ1v) is 15.5. The molecule has 1 aliphatic rings. The van der Waals surface area contributed by atoms with Gasteiger partial charge in [-0.15, -0.1) is 0 Å². The first-order valence-electron chi connectivity index (χ1n) is 13.1. The van der Waals surface area contributed by atoms with Crippen LogP contribution in [0.25, 0.3) is 0 Å². The second kappa shape index (κ2) is 12.6. The van der Waals surface area contributed by atoms with E-state index < -0.39 is 39.2 Å². The van der Waals surface area contributed by atoms with Gasteiger partial charge in [-0.2, -0.15) is 13.2 Å². The normalized spacial score (nSPS) is 16.4.